The molecule has 7 nitrogen and oxygen atoms in total. The zero-order valence-corrected chi connectivity index (χ0v) is 17.6. The van der Waals surface area contributed by atoms with Crippen LogP contribution in [0, 0.1) is 12.8 Å². The summed E-state index contributed by atoms with van der Waals surface area (Å²) in [6.07, 6.45) is 2.76. The molecule has 5 rings (SSSR count). The third kappa shape index (κ3) is 3.86. The highest BCUT2D eigenvalue weighted by Crippen LogP contribution is 2.33. The van der Waals surface area contributed by atoms with Crippen LogP contribution in [0.15, 0.2) is 24.3 Å². The zero-order chi connectivity index (χ0) is 20.7. The lowest BCUT2D eigenvalue weighted by atomic mass is 10.0. The Bertz CT molecular complexity index is 939. The molecule has 1 aromatic heterocycles. The Morgan fingerprint density at radius 3 is 2.47 bits per heavy atom. The SMILES string of the molecule is Cc1ccc(CN2CCN(C(=O)c3n[nH]c4c3CN(C(=O)C3CC3)CC4)CC2)cc1. The predicted molar refractivity (Wildman–Crippen MR) is 113 cm³/mol. The number of nitrogens with zero attached hydrogens (tertiary/aromatic N) is 4. The van der Waals surface area contributed by atoms with Gasteiger partial charge in [-0.3, -0.25) is 19.6 Å². The van der Waals surface area contributed by atoms with Gasteiger partial charge in [0, 0.05) is 69.4 Å². The van der Waals surface area contributed by atoms with Crippen molar-refractivity contribution in [3.63, 3.8) is 0 Å². The number of H-pyrrole nitrogens is 1. The lowest BCUT2D eigenvalue weighted by molar-refractivity contribution is -0.133. The summed E-state index contributed by atoms with van der Waals surface area (Å²) < 4.78 is 0. The maximum Gasteiger partial charge on any atom is 0.274 e. The Morgan fingerprint density at radius 1 is 1.03 bits per heavy atom. The third-order valence-corrected chi connectivity index (χ3v) is 6.56. The van der Waals surface area contributed by atoms with Crippen molar-refractivity contribution in [2.75, 3.05) is 32.7 Å². The van der Waals surface area contributed by atoms with Crippen molar-refractivity contribution in [3.8, 4) is 0 Å². The molecule has 0 spiro atoms. The Labute approximate surface area is 177 Å². The van der Waals surface area contributed by atoms with Crippen molar-refractivity contribution in [3.05, 3.63) is 52.3 Å². The second-order valence-electron chi connectivity index (χ2n) is 8.87. The predicted octanol–water partition coefficient (Wildman–Crippen LogP) is 1.97. The van der Waals surface area contributed by atoms with Crippen LogP contribution in [0.25, 0.3) is 0 Å². The highest BCUT2D eigenvalue weighted by Gasteiger charge is 2.37. The lowest BCUT2D eigenvalue weighted by Crippen LogP contribution is -2.48. The topological polar surface area (TPSA) is 72.5 Å². The first-order valence-corrected chi connectivity index (χ1v) is 11.0. The number of nitrogens with one attached hydrogen (secondary N) is 1. The summed E-state index contributed by atoms with van der Waals surface area (Å²) >= 11 is 0. The number of hydrogen-bond donors (Lipinski definition) is 1. The molecule has 2 aromatic rings. The monoisotopic (exact) mass is 407 g/mol. The number of amides is 2. The van der Waals surface area contributed by atoms with Gasteiger partial charge in [-0.25, -0.2) is 0 Å². The summed E-state index contributed by atoms with van der Waals surface area (Å²) in [5, 5.41) is 7.41. The molecule has 2 amide bonds. The van der Waals surface area contributed by atoms with Gasteiger partial charge in [-0.15, -0.1) is 0 Å². The van der Waals surface area contributed by atoms with Crippen LogP contribution >= 0.6 is 0 Å². The molecule has 158 valence electrons. The number of carbonyl (C=O) groups excluding carboxylic acids is 2. The van der Waals surface area contributed by atoms with E-state index in [1.807, 2.05) is 9.80 Å². The minimum atomic E-state index is -0.0109. The average molecular weight is 408 g/mol. The molecule has 3 aliphatic rings. The first-order valence-electron chi connectivity index (χ1n) is 11.0. The van der Waals surface area contributed by atoms with Gasteiger partial charge in [0.2, 0.25) is 5.91 Å². The van der Waals surface area contributed by atoms with Gasteiger partial charge in [-0.1, -0.05) is 29.8 Å². The van der Waals surface area contributed by atoms with Gasteiger partial charge in [0.25, 0.3) is 5.91 Å². The zero-order valence-electron chi connectivity index (χ0n) is 17.6. The van der Waals surface area contributed by atoms with Gasteiger partial charge in [0.15, 0.2) is 5.69 Å². The molecule has 0 atom stereocenters. The fourth-order valence-electron chi connectivity index (χ4n) is 4.46. The van der Waals surface area contributed by atoms with E-state index in [0.717, 1.165) is 56.7 Å². The van der Waals surface area contributed by atoms with Crippen molar-refractivity contribution < 1.29 is 9.59 Å². The number of rotatable bonds is 4. The smallest absolute Gasteiger partial charge is 0.274 e. The van der Waals surface area contributed by atoms with Crippen LogP contribution in [0.4, 0.5) is 0 Å². The van der Waals surface area contributed by atoms with Crippen molar-refractivity contribution in [2.45, 2.75) is 39.3 Å². The van der Waals surface area contributed by atoms with Crippen LogP contribution in [0.5, 0.6) is 0 Å². The largest absolute Gasteiger partial charge is 0.338 e. The highest BCUT2D eigenvalue weighted by molar-refractivity contribution is 5.94. The second-order valence-corrected chi connectivity index (χ2v) is 8.87. The molecular weight excluding hydrogens is 378 g/mol. The second kappa shape index (κ2) is 7.87. The average Bonchev–Trinajstić information content (AvgIpc) is 3.54. The molecule has 2 fully saturated rings. The van der Waals surface area contributed by atoms with Crippen molar-refractivity contribution in [1.82, 2.24) is 24.9 Å². The number of aromatic nitrogens is 2. The fourth-order valence-corrected chi connectivity index (χ4v) is 4.46. The molecule has 0 unspecified atom stereocenters. The minimum absolute atomic E-state index is 0.0109. The van der Waals surface area contributed by atoms with Gasteiger partial charge >= 0.3 is 0 Å². The highest BCUT2D eigenvalue weighted by atomic mass is 16.2. The Morgan fingerprint density at radius 2 is 1.77 bits per heavy atom. The molecule has 1 aromatic carbocycles. The molecule has 0 bridgehead atoms. The Kier molecular flexibility index (Phi) is 5.06. The molecule has 1 N–H and O–H groups in total. The normalized spacial score (nSPS) is 19.6. The van der Waals surface area contributed by atoms with E-state index in [4.69, 9.17) is 0 Å². The van der Waals surface area contributed by atoms with E-state index in [-0.39, 0.29) is 17.7 Å². The van der Waals surface area contributed by atoms with E-state index in [1.165, 1.54) is 11.1 Å². The van der Waals surface area contributed by atoms with E-state index in [9.17, 15) is 9.59 Å². The van der Waals surface area contributed by atoms with Crippen molar-refractivity contribution >= 4 is 11.8 Å². The number of piperazine rings is 1. The number of aryl methyl sites for hydroxylation is 1. The van der Waals surface area contributed by atoms with Crippen LogP contribution in [-0.4, -0.2) is 69.4 Å². The number of aromatic amines is 1. The molecule has 1 saturated heterocycles. The molecule has 1 saturated carbocycles. The number of hydrogen-bond acceptors (Lipinski definition) is 4. The van der Waals surface area contributed by atoms with Crippen LogP contribution in [-0.2, 0) is 24.3 Å². The molecule has 30 heavy (non-hydrogen) atoms. The van der Waals surface area contributed by atoms with Crippen molar-refractivity contribution in [2.24, 2.45) is 5.92 Å². The standard InChI is InChI=1S/C23H29N5O2/c1-16-2-4-17(5-3-16)14-26-10-12-27(13-11-26)23(30)21-19-15-28(22(29)18-6-7-18)9-8-20(19)24-25-21/h2-5,18H,6-15H2,1H3,(H,24,25). The van der Waals surface area contributed by atoms with Crippen LogP contribution < -0.4 is 0 Å². The maximum atomic E-state index is 13.2. The van der Waals surface area contributed by atoms with Gasteiger partial charge < -0.3 is 9.80 Å². The van der Waals surface area contributed by atoms with Crippen molar-refractivity contribution in [1.29, 1.82) is 0 Å². The van der Waals surface area contributed by atoms with Gasteiger partial charge in [-0.2, -0.15) is 5.10 Å². The number of carbonyl (C=O) groups is 2. The Balaban J connectivity index is 1.21. The maximum absolute atomic E-state index is 13.2. The van der Waals surface area contributed by atoms with E-state index >= 15 is 0 Å². The molecule has 0 radical (unpaired) electrons. The molecule has 1 aliphatic carbocycles. The summed E-state index contributed by atoms with van der Waals surface area (Å²) in [6, 6.07) is 8.65. The van der Waals surface area contributed by atoms with E-state index in [1.54, 1.807) is 0 Å². The summed E-state index contributed by atoms with van der Waals surface area (Å²) in [5.74, 6) is 0.437. The van der Waals surface area contributed by atoms with Gasteiger partial charge in [-0.05, 0) is 25.3 Å². The van der Waals surface area contributed by atoms with Gasteiger partial charge in [0.1, 0.15) is 0 Å². The van der Waals surface area contributed by atoms with E-state index in [0.29, 0.717) is 25.3 Å². The van der Waals surface area contributed by atoms with Crippen LogP contribution in [0.3, 0.4) is 0 Å². The van der Waals surface area contributed by atoms with E-state index < -0.39 is 0 Å². The Hall–Kier alpha value is -2.67. The lowest BCUT2D eigenvalue weighted by Gasteiger charge is -2.35. The van der Waals surface area contributed by atoms with Gasteiger partial charge in [0.05, 0.1) is 0 Å². The van der Waals surface area contributed by atoms with Crippen LogP contribution in [0.2, 0.25) is 0 Å². The molecule has 2 aliphatic heterocycles. The first-order chi connectivity index (χ1) is 14.6. The quantitative estimate of drug-likeness (QED) is 0.841. The first kappa shape index (κ1) is 19.3. The van der Waals surface area contributed by atoms with Crippen LogP contribution in [0.1, 0.15) is 45.7 Å². The summed E-state index contributed by atoms with van der Waals surface area (Å²) in [7, 11) is 0. The number of fused-ring (bicyclic) bond motifs is 1. The van der Waals surface area contributed by atoms with E-state index in [2.05, 4.69) is 46.3 Å². The number of benzene rings is 1. The fraction of sp³-hybridized carbons (Fsp3) is 0.522. The molecule has 7 heteroatoms. The molecular formula is C23H29N5O2. The third-order valence-electron chi connectivity index (χ3n) is 6.56. The minimum Gasteiger partial charge on any atom is -0.338 e. The summed E-state index contributed by atoms with van der Waals surface area (Å²) in [4.78, 5) is 31.9. The summed E-state index contributed by atoms with van der Waals surface area (Å²) in [6.45, 7) is 7.37. The molecule has 3 heterocycles. The summed E-state index contributed by atoms with van der Waals surface area (Å²) in [5.41, 5.74) is 5.01.